The Morgan fingerprint density at radius 2 is 2.24 bits per heavy atom. The van der Waals surface area contributed by atoms with Crippen LogP contribution in [0.25, 0.3) is 10.2 Å². The van der Waals surface area contributed by atoms with Crippen molar-refractivity contribution in [1.82, 2.24) is 9.97 Å². The molecule has 0 fully saturated rings. The molecule has 3 rings (SSSR count). The number of aromatic nitrogens is 2. The first-order valence-electron chi connectivity index (χ1n) is 7.02. The molecule has 3 aromatic rings. The van der Waals surface area contributed by atoms with E-state index in [0.29, 0.717) is 5.69 Å². The summed E-state index contributed by atoms with van der Waals surface area (Å²) >= 11 is 2.81. The van der Waals surface area contributed by atoms with Crippen LogP contribution in [0.3, 0.4) is 0 Å². The molecule has 0 spiro atoms. The number of thioether (sulfide) groups is 1. The van der Waals surface area contributed by atoms with Crippen molar-refractivity contribution in [3.63, 3.8) is 0 Å². The summed E-state index contributed by atoms with van der Waals surface area (Å²) in [6.07, 6.45) is 1.47. The summed E-state index contributed by atoms with van der Waals surface area (Å²) in [5.41, 5.74) is 0.270. The van der Waals surface area contributed by atoms with Crippen LogP contribution in [0.5, 0.6) is 5.75 Å². The number of methoxy groups -OCH3 is 1. The summed E-state index contributed by atoms with van der Waals surface area (Å²) in [5.74, 6) is 0.108. The van der Waals surface area contributed by atoms with Gasteiger partial charge < -0.3 is 10.1 Å². The van der Waals surface area contributed by atoms with Crippen LogP contribution < -0.4 is 10.1 Å². The van der Waals surface area contributed by atoms with E-state index >= 15 is 0 Å². The quantitative estimate of drug-likeness (QED) is 0.304. The van der Waals surface area contributed by atoms with Crippen LogP contribution in [0.4, 0.5) is 11.4 Å². The average molecular weight is 376 g/mol. The van der Waals surface area contributed by atoms with Crippen LogP contribution in [-0.2, 0) is 4.79 Å². The maximum absolute atomic E-state index is 12.2. The number of nitro groups is 1. The van der Waals surface area contributed by atoms with Crippen LogP contribution in [-0.4, -0.2) is 33.7 Å². The molecule has 2 aromatic heterocycles. The number of non-ortho nitro benzene ring substituents is 1. The summed E-state index contributed by atoms with van der Waals surface area (Å²) < 4.78 is 5.10. The van der Waals surface area contributed by atoms with Gasteiger partial charge in [0.2, 0.25) is 5.91 Å². The van der Waals surface area contributed by atoms with Crippen LogP contribution in [0, 0.1) is 10.1 Å². The molecule has 2 heterocycles. The van der Waals surface area contributed by atoms with Crippen molar-refractivity contribution in [1.29, 1.82) is 0 Å². The summed E-state index contributed by atoms with van der Waals surface area (Å²) in [5, 5.41) is 17.1. The van der Waals surface area contributed by atoms with Gasteiger partial charge in [0, 0.05) is 11.5 Å². The molecule has 0 radical (unpaired) electrons. The smallest absolute Gasteiger partial charge is 0.273 e. The number of carbonyl (C=O) groups is 1. The first kappa shape index (κ1) is 17.1. The average Bonchev–Trinajstić information content (AvgIpc) is 3.09. The number of nitrogens with zero attached hydrogens (tertiary/aromatic N) is 3. The van der Waals surface area contributed by atoms with Crippen molar-refractivity contribution >= 4 is 50.6 Å². The van der Waals surface area contributed by atoms with E-state index in [2.05, 4.69) is 15.3 Å². The zero-order valence-electron chi connectivity index (χ0n) is 13.0. The lowest BCUT2D eigenvalue weighted by Crippen LogP contribution is -2.15. The second-order valence-electron chi connectivity index (χ2n) is 4.80. The number of hydrogen-bond donors (Lipinski definition) is 1. The molecule has 0 atom stereocenters. The van der Waals surface area contributed by atoms with Gasteiger partial charge in [0.25, 0.3) is 5.69 Å². The lowest BCUT2D eigenvalue weighted by atomic mass is 10.2. The van der Waals surface area contributed by atoms with Crippen molar-refractivity contribution in [3.8, 4) is 5.75 Å². The molecule has 0 aliphatic carbocycles. The first-order valence-corrected chi connectivity index (χ1v) is 8.88. The number of benzene rings is 1. The van der Waals surface area contributed by atoms with E-state index in [4.69, 9.17) is 4.74 Å². The van der Waals surface area contributed by atoms with Crippen molar-refractivity contribution in [2.75, 3.05) is 18.2 Å². The molecule has 128 valence electrons. The maximum atomic E-state index is 12.2. The third kappa shape index (κ3) is 3.86. The molecule has 1 amide bonds. The van der Waals surface area contributed by atoms with E-state index < -0.39 is 4.92 Å². The number of anilines is 1. The molecule has 0 unspecified atom stereocenters. The Hall–Kier alpha value is -2.72. The van der Waals surface area contributed by atoms with E-state index in [9.17, 15) is 14.9 Å². The van der Waals surface area contributed by atoms with E-state index in [1.54, 1.807) is 0 Å². The van der Waals surface area contributed by atoms with Crippen molar-refractivity contribution in [2.45, 2.75) is 5.03 Å². The summed E-state index contributed by atoms with van der Waals surface area (Å²) in [7, 11) is 1.39. The Morgan fingerprint density at radius 3 is 3.00 bits per heavy atom. The van der Waals surface area contributed by atoms with Gasteiger partial charge in [-0.05, 0) is 17.5 Å². The predicted octanol–water partition coefficient (Wildman–Crippen LogP) is 3.34. The van der Waals surface area contributed by atoms with Gasteiger partial charge in [-0.15, -0.1) is 11.3 Å². The Bertz CT molecular complexity index is 944. The SMILES string of the molecule is COc1cc([N+](=O)[O-])ccc1NC(=O)CSc1ncnc2sccc12. The molecule has 25 heavy (non-hydrogen) atoms. The molecule has 0 saturated heterocycles. The van der Waals surface area contributed by atoms with Gasteiger partial charge >= 0.3 is 0 Å². The molecule has 1 aromatic carbocycles. The van der Waals surface area contributed by atoms with Gasteiger partial charge in [-0.1, -0.05) is 11.8 Å². The predicted molar refractivity (Wildman–Crippen MR) is 96.4 cm³/mol. The molecule has 0 bridgehead atoms. The van der Waals surface area contributed by atoms with Crippen molar-refractivity contribution in [3.05, 3.63) is 46.1 Å². The fraction of sp³-hybridized carbons (Fsp3) is 0.133. The van der Waals surface area contributed by atoms with Gasteiger partial charge in [0.1, 0.15) is 21.9 Å². The Labute approximate surface area is 150 Å². The molecule has 1 N–H and O–H groups in total. The lowest BCUT2D eigenvalue weighted by Gasteiger charge is -2.09. The van der Waals surface area contributed by atoms with E-state index in [-0.39, 0.29) is 23.1 Å². The minimum Gasteiger partial charge on any atom is -0.494 e. The highest BCUT2D eigenvalue weighted by molar-refractivity contribution is 8.00. The molecule has 0 saturated carbocycles. The van der Waals surface area contributed by atoms with Crippen LogP contribution >= 0.6 is 23.1 Å². The largest absolute Gasteiger partial charge is 0.494 e. The maximum Gasteiger partial charge on any atom is 0.273 e. The number of nitrogens with one attached hydrogen (secondary N) is 1. The Morgan fingerprint density at radius 1 is 1.40 bits per heavy atom. The standard InChI is InChI=1S/C15H12N4O4S2/c1-23-12-6-9(19(21)22)2-3-11(12)18-13(20)7-25-15-10-4-5-24-14(10)16-8-17-15/h2-6,8H,7H2,1H3,(H,18,20). The number of thiophene rings is 1. The van der Waals surface area contributed by atoms with Crippen molar-refractivity contribution < 1.29 is 14.5 Å². The number of hydrogen-bond acceptors (Lipinski definition) is 8. The molecule has 10 heteroatoms. The molecule has 8 nitrogen and oxygen atoms in total. The third-order valence-corrected chi connectivity index (χ3v) is 5.06. The number of amides is 1. The highest BCUT2D eigenvalue weighted by atomic mass is 32.2. The number of fused-ring (bicyclic) bond motifs is 1. The topological polar surface area (TPSA) is 107 Å². The lowest BCUT2D eigenvalue weighted by molar-refractivity contribution is -0.384. The minimum absolute atomic E-state index is 0.106. The highest BCUT2D eigenvalue weighted by Gasteiger charge is 2.14. The van der Waals surface area contributed by atoms with Crippen LogP contribution in [0.2, 0.25) is 0 Å². The number of nitro benzene ring substituents is 1. The van der Waals surface area contributed by atoms with E-state index in [0.717, 1.165) is 15.2 Å². The zero-order valence-corrected chi connectivity index (χ0v) is 14.6. The van der Waals surface area contributed by atoms with Gasteiger partial charge in [0.15, 0.2) is 0 Å². The fourth-order valence-corrected chi connectivity index (χ4v) is 3.68. The summed E-state index contributed by atoms with van der Waals surface area (Å²) in [6.45, 7) is 0. The normalized spacial score (nSPS) is 10.6. The van der Waals surface area contributed by atoms with Gasteiger partial charge in [-0.25, -0.2) is 9.97 Å². The van der Waals surface area contributed by atoms with Crippen LogP contribution in [0.1, 0.15) is 0 Å². The summed E-state index contributed by atoms with van der Waals surface area (Å²) in [6, 6.07) is 5.94. The van der Waals surface area contributed by atoms with Gasteiger partial charge in [-0.2, -0.15) is 0 Å². The van der Waals surface area contributed by atoms with Crippen LogP contribution in [0.15, 0.2) is 41.0 Å². The minimum atomic E-state index is -0.523. The number of ether oxygens (including phenoxy) is 1. The van der Waals surface area contributed by atoms with Gasteiger partial charge in [-0.3, -0.25) is 14.9 Å². The van der Waals surface area contributed by atoms with E-state index in [1.807, 2.05) is 11.4 Å². The number of rotatable bonds is 6. The molecular weight excluding hydrogens is 364 g/mol. The Balaban J connectivity index is 1.68. The summed E-state index contributed by atoms with van der Waals surface area (Å²) in [4.78, 5) is 31.7. The third-order valence-electron chi connectivity index (χ3n) is 3.24. The molecule has 0 aliphatic rings. The number of carbonyl (C=O) groups excluding carboxylic acids is 1. The first-order chi connectivity index (χ1) is 12.1. The van der Waals surface area contributed by atoms with Gasteiger partial charge in [0.05, 0.1) is 29.5 Å². The molecular formula is C15H12N4O4S2. The second kappa shape index (κ2) is 7.45. The monoisotopic (exact) mass is 376 g/mol. The van der Waals surface area contributed by atoms with Crippen molar-refractivity contribution in [2.24, 2.45) is 0 Å². The highest BCUT2D eigenvalue weighted by Crippen LogP contribution is 2.30. The Kier molecular flexibility index (Phi) is 5.10. The molecule has 0 aliphatic heterocycles. The van der Waals surface area contributed by atoms with E-state index in [1.165, 1.54) is 54.7 Å². The fourth-order valence-electron chi connectivity index (χ4n) is 2.10. The zero-order chi connectivity index (χ0) is 17.8. The second-order valence-corrected chi connectivity index (χ2v) is 6.66.